The van der Waals surface area contributed by atoms with Crippen molar-refractivity contribution in [3.8, 4) is 5.75 Å². The number of benzene rings is 2. The number of fused-ring (bicyclic) bond motifs is 1. The summed E-state index contributed by atoms with van der Waals surface area (Å²) in [5.41, 5.74) is 2.01. The number of rotatable bonds is 7. The summed E-state index contributed by atoms with van der Waals surface area (Å²) >= 11 is 5.97. The molecule has 0 atom stereocenters. The van der Waals surface area contributed by atoms with Gasteiger partial charge in [-0.15, -0.1) is 0 Å². The lowest BCUT2D eigenvalue weighted by atomic mass is 10.2. The topological polar surface area (TPSA) is 56.1 Å². The first-order valence-corrected chi connectivity index (χ1v) is 8.63. The van der Waals surface area contributed by atoms with E-state index in [0.717, 1.165) is 22.2 Å². The van der Waals surface area contributed by atoms with Gasteiger partial charge in [0.15, 0.2) is 0 Å². The van der Waals surface area contributed by atoms with Crippen LogP contribution in [-0.4, -0.2) is 22.3 Å². The van der Waals surface area contributed by atoms with Crippen molar-refractivity contribution in [2.45, 2.75) is 26.4 Å². The number of carbonyl (C=O) groups is 1. The number of ether oxygens (including phenoxy) is 1. The van der Waals surface area contributed by atoms with Crippen molar-refractivity contribution in [3.05, 3.63) is 59.2 Å². The highest BCUT2D eigenvalue weighted by Gasteiger charge is 2.06. The van der Waals surface area contributed by atoms with E-state index in [2.05, 4.69) is 10.4 Å². The Morgan fingerprint density at radius 3 is 2.80 bits per heavy atom. The molecule has 0 radical (unpaired) electrons. The Kier molecular flexibility index (Phi) is 5.56. The maximum atomic E-state index is 12.1. The normalized spacial score (nSPS) is 10.8. The van der Waals surface area contributed by atoms with Crippen molar-refractivity contribution in [1.82, 2.24) is 15.1 Å². The first kappa shape index (κ1) is 17.3. The van der Waals surface area contributed by atoms with E-state index in [-0.39, 0.29) is 5.91 Å². The number of amides is 1. The highest BCUT2D eigenvalue weighted by Crippen LogP contribution is 2.19. The van der Waals surface area contributed by atoms with Crippen molar-refractivity contribution >= 4 is 28.4 Å². The largest absolute Gasteiger partial charge is 0.494 e. The fourth-order valence-electron chi connectivity index (χ4n) is 2.60. The minimum Gasteiger partial charge on any atom is -0.494 e. The third-order valence-corrected chi connectivity index (χ3v) is 4.11. The summed E-state index contributed by atoms with van der Waals surface area (Å²) < 4.78 is 7.23. The van der Waals surface area contributed by atoms with Crippen LogP contribution in [0, 0.1) is 0 Å². The van der Waals surface area contributed by atoms with E-state index in [4.69, 9.17) is 16.3 Å². The molecule has 0 fully saturated rings. The monoisotopic (exact) mass is 357 g/mol. The van der Waals surface area contributed by atoms with Crippen LogP contribution in [0.15, 0.2) is 48.7 Å². The van der Waals surface area contributed by atoms with Crippen molar-refractivity contribution in [2.24, 2.45) is 0 Å². The van der Waals surface area contributed by atoms with Crippen molar-refractivity contribution in [3.63, 3.8) is 0 Å². The molecule has 25 heavy (non-hydrogen) atoms. The van der Waals surface area contributed by atoms with Gasteiger partial charge in [-0.25, -0.2) is 0 Å². The summed E-state index contributed by atoms with van der Waals surface area (Å²) in [5, 5.41) is 8.90. The minimum atomic E-state index is -0.00787. The van der Waals surface area contributed by atoms with Gasteiger partial charge in [-0.2, -0.15) is 5.10 Å². The standard InChI is InChI=1S/C19H20ClN3O2/c1-2-25-17-6-3-14(4-7-17)12-21-19(24)9-10-23-18-8-5-16(20)11-15(18)13-22-23/h3-8,11,13H,2,9-10,12H2,1H3,(H,21,24). The number of nitrogens with zero attached hydrogens (tertiary/aromatic N) is 2. The van der Waals surface area contributed by atoms with Crippen molar-refractivity contribution in [1.29, 1.82) is 0 Å². The summed E-state index contributed by atoms with van der Waals surface area (Å²) in [5.74, 6) is 0.828. The van der Waals surface area contributed by atoms with Gasteiger partial charge in [0, 0.05) is 23.4 Å². The fourth-order valence-corrected chi connectivity index (χ4v) is 2.78. The molecule has 0 spiro atoms. The second-order valence-electron chi connectivity index (χ2n) is 5.67. The number of aryl methyl sites for hydroxylation is 1. The maximum absolute atomic E-state index is 12.1. The molecule has 2 aromatic carbocycles. The Morgan fingerprint density at radius 2 is 2.04 bits per heavy atom. The minimum absolute atomic E-state index is 0.00787. The van der Waals surface area contributed by atoms with Crippen LogP contribution in [0.5, 0.6) is 5.75 Å². The van der Waals surface area contributed by atoms with E-state index in [9.17, 15) is 4.79 Å². The molecule has 1 amide bonds. The number of aromatic nitrogens is 2. The zero-order chi connectivity index (χ0) is 17.6. The lowest BCUT2D eigenvalue weighted by Gasteiger charge is -2.08. The van der Waals surface area contributed by atoms with Gasteiger partial charge in [0.1, 0.15) is 5.75 Å². The van der Waals surface area contributed by atoms with E-state index in [1.807, 2.05) is 54.1 Å². The smallest absolute Gasteiger partial charge is 0.222 e. The molecule has 1 aromatic heterocycles. The maximum Gasteiger partial charge on any atom is 0.222 e. The molecule has 130 valence electrons. The van der Waals surface area contributed by atoms with Crippen LogP contribution in [0.4, 0.5) is 0 Å². The van der Waals surface area contributed by atoms with Crippen LogP contribution in [-0.2, 0) is 17.9 Å². The van der Waals surface area contributed by atoms with E-state index in [0.29, 0.717) is 31.1 Å². The highest BCUT2D eigenvalue weighted by atomic mass is 35.5. The number of hydrogen-bond donors (Lipinski definition) is 1. The number of carbonyl (C=O) groups excluding carboxylic acids is 1. The Balaban J connectivity index is 1.50. The summed E-state index contributed by atoms with van der Waals surface area (Å²) in [4.78, 5) is 12.1. The number of hydrogen-bond acceptors (Lipinski definition) is 3. The lowest BCUT2D eigenvalue weighted by Crippen LogP contribution is -2.24. The average Bonchev–Trinajstić information content (AvgIpc) is 3.01. The van der Waals surface area contributed by atoms with Crippen LogP contribution in [0.2, 0.25) is 5.02 Å². The van der Waals surface area contributed by atoms with Crippen LogP contribution >= 0.6 is 11.6 Å². The Hall–Kier alpha value is -2.53. The first-order valence-electron chi connectivity index (χ1n) is 8.25. The molecule has 0 aliphatic heterocycles. The molecule has 5 nitrogen and oxygen atoms in total. The van der Waals surface area contributed by atoms with E-state index < -0.39 is 0 Å². The van der Waals surface area contributed by atoms with Gasteiger partial charge in [0.05, 0.1) is 24.9 Å². The molecule has 1 N–H and O–H groups in total. The third kappa shape index (κ3) is 4.51. The summed E-state index contributed by atoms with van der Waals surface area (Å²) in [7, 11) is 0. The SMILES string of the molecule is CCOc1ccc(CNC(=O)CCn2ncc3cc(Cl)ccc32)cc1. The van der Waals surface area contributed by atoms with Crippen molar-refractivity contribution in [2.75, 3.05) is 6.61 Å². The molecule has 0 aliphatic carbocycles. The number of halogens is 1. The summed E-state index contributed by atoms with van der Waals surface area (Å²) in [6, 6.07) is 13.3. The van der Waals surface area contributed by atoms with Gasteiger partial charge >= 0.3 is 0 Å². The zero-order valence-electron chi connectivity index (χ0n) is 14.0. The molecule has 0 bridgehead atoms. The molecule has 1 heterocycles. The molecule has 0 unspecified atom stereocenters. The molecule has 6 heteroatoms. The van der Waals surface area contributed by atoms with E-state index in [1.165, 1.54) is 0 Å². The molecular weight excluding hydrogens is 338 g/mol. The molecular formula is C19H20ClN3O2. The second kappa shape index (κ2) is 8.03. The van der Waals surface area contributed by atoms with Gasteiger partial charge in [-0.3, -0.25) is 9.48 Å². The second-order valence-corrected chi connectivity index (χ2v) is 6.11. The van der Waals surface area contributed by atoms with Gasteiger partial charge in [0.25, 0.3) is 0 Å². The van der Waals surface area contributed by atoms with Crippen LogP contribution in [0.25, 0.3) is 10.9 Å². The van der Waals surface area contributed by atoms with Gasteiger partial charge in [-0.05, 0) is 42.8 Å². The van der Waals surface area contributed by atoms with Crippen LogP contribution < -0.4 is 10.1 Å². The molecule has 3 aromatic rings. The quantitative estimate of drug-likeness (QED) is 0.699. The zero-order valence-corrected chi connectivity index (χ0v) is 14.8. The van der Waals surface area contributed by atoms with Crippen LogP contribution in [0.1, 0.15) is 18.9 Å². The predicted octanol–water partition coefficient (Wildman–Crippen LogP) is 3.79. The molecule has 0 aliphatic rings. The average molecular weight is 358 g/mol. The number of nitrogens with one attached hydrogen (secondary N) is 1. The fraction of sp³-hybridized carbons (Fsp3) is 0.263. The van der Waals surface area contributed by atoms with Crippen LogP contribution in [0.3, 0.4) is 0 Å². The Morgan fingerprint density at radius 1 is 1.24 bits per heavy atom. The van der Waals surface area contributed by atoms with E-state index >= 15 is 0 Å². The third-order valence-electron chi connectivity index (χ3n) is 3.88. The summed E-state index contributed by atoms with van der Waals surface area (Å²) in [6.07, 6.45) is 2.13. The molecule has 0 saturated carbocycles. The van der Waals surface area contributed by atoms with Gasteiger partial charge < -0.3 is 10.1 Å². The van der Waals surface area contributed by atoms with Crippen molar-refractivity contribution < 1.29 is 9.53 Å². The first-order chi connectivity index (χ1) is 12.2. The van der Waals surface area contributed by atoms with E-state index in [1.54, 1.807) is 6.20 Å². The van der Waals surface area contributed by atoms with Gasteiger partial charge in [-0.1, -0.05) is 23.7 Å². The highest BCUT2D eigenvalue weighted by molar-refractivity contribution is 6.31. The predicted molar refractivity (Wildman–Crippen MR) is 98.8 cm³/mol. The lowest BCUT2D eigenvalue weighted by molar-refractivity contribution is -0.121. The van der Waals surface area contributed by atoms with Gasteiger partial charge in [0.2, 0.25) is 5.91 Å². The Labute approximate surface area is 151 Å². The summed E-state index contributed by atoms with van der Waals surface area (Å²) in [6.45, 7) is 3.62. The molecule has 3 rings (SSSR count). The molecule has 0 saturated heterocycles. The Bertz CT molecular complexity index is 859.